The Balaban J connectivity index is 1.64. The number of aromatic nitrogens is 5. The molecular weight excluding hydrogens is 454 g/mol. The number of primary amides is 1. The number of carbonyl (C=O) groups excluding carboxylic acids is 1. The highest BCUT2D eigenvalue weighted by atomic mass is 19.4. The van der Waals surface area contributed by atoms with Crippen molar-refractivity contribution >= 4 is 5.91 Å². The van der Waals surface area contributed by atoms with Crippen LogP contribution >= 0.6 is 0 Å². The quantitative estimate of drug-likeness (QED) is 0.585. The number of hydrogen-bond acceptors (Lipinski definition) is 4. The van der Waals surface area contributed by atoms with Crippen LogP contribution < -0.4 is 5.73 Å². The minimum absolute atomic E-state index is 0.210. The Morgan fingerprint density at radius 2 is 1.82 bits per heavy atom. The monoisotopic (exact) mass is 472 g/mol. The molecule has 0 saturated carbocycles. The van der Waals surface area contributed by atoms with Gasteiger partial charge in [-0.3, -0.25) is 19.1 Å². The molecule has 33 heavy (non-hydrogen) atoms. The molecule has 1 unspecified atom stereocenters. The number of hydrogen-bond donors (Lipinski definition) is 1. The van der Waals surface area contributed by atoms with E-state index < -0.39 is 35.6 Å². The first kappa shape index (κ1) is 22.8. The maximum absolute atomic E-state index is 13.6. The number of amides is 1. The average Bonchev–Trinajstić information content (AvgIpc) is 3.23. The molecule has 13 heteroatoms. The zero-order chi connectivity index (χ0) is 24.1. The van der Waals surface area contributed by atoms with E-state index in [1.54, 1.807) is 10.7 Å². The summed E-state index contributed by atoms with van der Waals surface area (Å²) in [6.07, 6.45) is -7.54. The Morgan fingerprint density at radius 1 is 1.09 bits per heavy atom. The Kier molecular flexibility index (Phi) is 5.45. The van der Waals surface area contributed by atoms with E-state index in [0.717, 1.165) is 16.9 Å². The fourth-order valence-corrected chi connectivity index (χ4v) is 4.20. The minimum Gasteiger partial charge on any atom is -0.364 e. The highest BCUT2D eigenvalue weighted by Gasteiger charge is 2.42. The van der Waals surface area contributed by atoms with Gasteiger partial charge in [0.15, 0.2) is 5.69 Å². The van der Waals surface area contributed by atoms with Crippen LogP contribution in [0.4, 0.5) is 26.3 Å². The third-order valence-corrected chi connectivity index (χ3v) is 5.64. The molecule has 176 valence electrons. The molecule has 0 fully saturated rings. The zero-order valence-electron chi connectivity index (χ0n) is 17.2. The number of alkyl halides is 6. The first-order chi connectivity index (χ1) is 15.4. The second-order valence-electron chi connectivity index (χ2n) is 7.79. The van der Waals surface area contributed by atoms with Crippen molar-refractivity contribution in [2.24, 2.45) is 12.8 Å². The summed E-state index contributed by atoms with van der Waals surface area (Å²) in [5.41, 5.74) is 3.85. The lowest BCUT2D eigenvalue weighted by Gasteiger charge is -2.17. The Hall–Kier alpha value is -3.38. The Bertz CT molecular complexity index is 1180. The van der Waals surface area contributed by atoms with Crippen molar-refractivity contribution in [2.45, 2.75) is 44.1 Å². The van der Waals surface area contributed by atoms with E-state index in [0.29, 0.717) is 17.8 Å². The van der Waals surface area contributed by atoms with E-state index >= 15 is 0 Å². The summed E-state index contributed by atoms with van der Waals surface area (Å²) >= 11 is 0. The fraction of sp³-hybridized carbons (Fsp3) is 0.400. The fourth-order valence-electron chi connectivity index (χ4n) is 4.20. The van der Waals surface area contributed by atoms with E-state index in [4.69, 9.17) is 5.73 Å². The molecule has 3 aromatic heterocycles. The van der Waals surface area contributed by atoms with Crippen LogP contribution in [0.1, 0.15) is 51.9 Å². The lowest BCUT2D eigenvalue weighted by atomic mass is 9.89. The van der Waals surface area contributed by atoms with E-state index in [1.165, 1.54) is 13.1 Å². The number of fused-ring (bicyclic) bond motifs is 1. The number of aryl methyl sites for hydroxylation is 3. The zero-order valence-corrected chi connectivity index (χ0v) is 17.2. The molecular formula is C20H18F6N6O. The standard InChI is InChI=1S/C20H18F6N6O/c1-31-16(18(27)33)15(17(30-31)20(24,25)26)10-2-3-12-9-13(29-32(12)7-5-10)11-4-6-28-14(8-11)19(21,22)23/h4,6,8-10H,2-3,5,7H2,1H3,(H2,27,33). The first-order valence-electron chi connectivity index (χ1n) is 9.90. The number of nitrogens with zero attached hydrogens (tertiary/aromatic N) is 5. The van der Waals surface area contributed by atoms with Gasteiger partial charge in [0.2, 0.25) is 0 Å². The van der Waals surface area contributed by atoms with Crippen LogP contribution in [0.2, 0.25) is 0 Å². The molecule has 7 nitrogen and oxygen atoms in total. The van der Waals surface area contributed by atoms with Gasteiger partial charge < -0.3 is 5.73 Å². The van der Waals surface area contributed by atoms with Gasteiger partial charge in [-0.05, 0) is 43.4 Å². The van der Waals surface area contributed by atoms with Crippen molar-refractivity contribution in [1.82, 2.24) is 24.5 Å². The largest absolute Gasteiger partial charge is 0.435 e. The van der Waals surface area contributed by atoms with E-state index in [9.17, 15) is 31.1 Å². The van der Waals surface area contributed by atoms with Gasteiger partial charge in [0.1, 0.15) is 11.4 Å². The number of carbonyl (C=O) groups is 1. The normalized spacial score (nSPS) is 17.0. The van der Waals surface area contributed by atoms with Crippen LogP contribution in [0.3, 0.4) is 0 Å². The Labute approximate surface area is 183 Å². The highest BCUT2D eigenvalue weighted by molar-refractivity contribution is 5.93. The molecule has 4 rings (SSSR count). The minimum atomic E-state index is -4.76. The molecule has 3 aromatic rings. The van der Waals surface area contributed by atoms with Crippen molar-refractivity contribution in [3.63, 3.8) is 0 Å². The third-order valence-electron chi connectivity index (χ3n) is 5.64. The van der Waals surface area contributed by atoms with Crippen LogP contribution in [0.15, 0.2) is 24.4 Å². The summed E-state index contributed by atoms with van der Waals surface area (Å²) < 4.78 is 82.1. The van der Waals surface area contributed by atoms with E-state index in [-0.39, 0.29) is 36.2 Å². The van der Waals surface area contributed by atoms with E-state index in [1.807, 2.05) is 0 Å². The summed E-state index contributed by atoms with van der Waals surface area (Å²) in [5, 5.41) is 7.85. The summed E-state index contributed by atoms with van der Waals surface area (Å²) in [5.74, 6) is -1.65. The van der Waals surface area contributed by atoms with Gasteiger partial charge in [-0.15, -0.1) is 0 Å². The molecule has 1 amide bonds. The lowest BCUT2D eigenvalue weighted by Crippen LogP contribution is -2.20. The van der Waals surface area contributed by atoms with Crippen molar-refractivity contribution in [1.29, 1.82) is 0 Å². The molecule has 0 saturated heterocycles. The van der Waals surface area contributed by atoms with Crippen molar-refractivity contribution < 1.29 is 31.1 Å². The number of halogens is 6. The van der Waals surface area contributed by atoms with Crippen LogP contribution in [0.25, 0.3) is 11.3 Å². The summed E-state index contributed by atoms with van der Waals surface area (Å²) in [4.78, 5) is 15.2. The average molecular weight is 472 g/mol. The number of nitrogens with two attached hydrogens (primary N) is 1. The molecule has 2 N–H and O–H groups in total. The van der Waals surface area contributed by atoms with Crippen molar-refractivity contribution in [3.05, 3.63) is 52.7 Å². The Morgan fingerprint density at radius 3 is 2.45 bits per heavy atom. The van der Waals surface area contributed by atoms with Gasteiger partial charge >= 0.3 is 12.4 Å². The molecule has 4 heterocycles. The van der Waals surface area contributed by atoms with Gasteiger partial charge in [-0.1, -0.05) is 0 Å². The molecule has 0 bridgehead atoms. The predicted molar refractivity (Wildman–Crippen MR) is 103 cm³/mol. The smallest absolute Gasteiger partial charge is 0.364 e. The van der Waals surface area contributed by atoms with Gasteiger partial charge in [0.05, 0.1) is 5.69 Å². The van der Waals surface area contributed by atoms with Crippen LogP contribution in [-0.2, 0) is 32.4 Å². The summed E-state index contributed by atoms with van der Waals surface area (Å²) in [6.45, 7) is 0.210. The maximum atomic E-state index is 13.6. The number of rotatable bonds is 3. The molecule has 1 atom stereocenters. The second kappa shape index (κ2) is 7.89. The summed E-state index contributed by atoms with van der Waals surface area (Å²) in [6, 6.07) is 3.92. The van der Waals surface area contributed by atoms with Crippen molar-refractivity contribution in [2.75, 3.05) is 0 Å². The van der Waals surface area contributed by atoms with E-state index in [2.05, 4.69) is 15.2 Å². The van der Waals surface area contributed by atoms with Crippen LogP contribution in [0, 0.1) is 0 Å². The molecule has 1 aliphatic heterocycles. The highest BCUT2D eigenvalue weighted by Crippen LogP contribution is 2.40. The number of pyridine rings is 1. The summed E-state index contributed by atoms with van der Waals surface area (Å²) in [7, 11) is 1.23. The molecule has 1 aliphatic rings. The topological polar surface area (TPSA) is 91.6 Å². The van der Waals surface area contributed by atoms with Gasteiger partial charge in [0, 0.05) is 36.6 Å². The molecule has 0 aliphatic carbocycles. The van der Waals surface area contributed by atoms with Crippen LogP contribution in [-0.4, -0.2) is 30.5 Å². The SMILES string of the molecule is Cn1nc(C(F)(F)F)c(C2CCc3cc(-c4ccnc(C(F)(F)F)c4)nn3CC2)c1C(N)=O. The van der Waals surface area contributed by atoms with Gasteiger partial charge in [-0.2, -0.15) is 36.5 Å². The van der Waals surface area contributed by atoms with Crippen LogP contribution in [0.5, 0.6) is 0 Å². The first-order valence-corrected chi connectivity index (χ1v) is 9.90. The van der Waals surface area contributed by atoms with Gasteiger partial charge in [-0.25, -0.2) is 0 Å². The third kappa shape index (κ3) is 4.31. The lowest BCUT2D eigenvalue weighted by molar-refractivity contribution is -0.142. The molecule has 0 spiro atoms. The predicted octanol–water partition coefficient (Wildman–Crippen LogP) is 3.94. The maximum Gasteiger partial charge on any atom is 0.435 e. The van der Waals surface area contributed by atoms with Gasteiger partial charge in [0.25, 0.3) is 5.91 Å². The second-order valence-corrected chi connectivity index (χ2v) is 7.79. The molecule has 0 aromatic carbocycles. The molecule has 0 radical (unpaired) electrons. The van der Waals surface area contributed by atoms with Crippen molar-refractivity contribution in [3.8, 4) is 11.3 Å².